The number of aryl methyl sites for hydroxylation is 2. The summed E-state index contributed by atoms with van der Waals surface area (Å²) in [5.74, 6) is 0.910. The molecule has 0 amide bonds. The van der Waals surface area contributed by atoms with Gasteiger partial charge in [-0.05, 0) is 37.5 Å². The fourth-order valence-corrected chi connectivity index (χ4v) is 2.60. The van der Waals surface area contributed by atoms with E-state index < -0.39 is 0 Å². The Bertz CT molecular complexity index is 502. The molecule has 0 aliphatic heterocycles. The first-order chi connectivity index (χ1) is 8.67. The second kappa shape index (κ2) is 5.87. The van der Waals surface area contributed by atoms with E-state index in [1.54, 1.807) is 23.5 Å². The summed E-state index contributed by atoms with van der Waals surface area (Å²) in [6.45, 7) is 4.52. The molecule has 1 heterocycles. The first-order valence-electron chi connectivity index (χ1n) is 6.04. The molecule has 0 radical (unpaired) electrons. The molecular formula is C14H17NO2S. The summed E-state index contributed by atoms with van der Waals surface area (Å²) in [5.41, 5.74) is 1.93. The molecule has 2 rings (SSSR count). The molecule has 0 aliphatic rings. The van der Waals surface area contributed by atoms with Crippen molar-refractivity contribution in [1.82, 2.24) is 4.98 Å². The van der Waals surface area contributed by atoms with Crippen molar-refractivity contribution in [3.8, 4) is 11.5 Å². The minimum absolute atomic E-state index is 0.231. The summed E-state index contributed by atoms with van der Waals surface area (Å²) in [6, 6.07) is 5.22. The van der Waals surface area contributed by atoms with Gasteiger partial charge in [0.05, 0.1) is 10.7 Å². The van der Waals surface area contributed by atoms with Crippen LogP contribution >= 0.6 is 11.3 Å². The number of benzene rings is 1. The van der Waals surface area contributed by atoms with Crippen LogP contribution in [0.4, 0.5) is 0 Å². The van der Waals surface area contributed by atoms with E-state index in [1.165, 1.54) is 0 Å². The molecule has 0 spiro atoms. The largest absolute Gasteiger partial charge is 0.508 e. The van der Waals surface area contributed by atoms with Crippen LogP contribution in [0.2, 0.25) is 0 Å². The summed E-state index contributed by atoms with van der Waals surface area (Å²) in [4.78, 5) is 4.49. The van der Waals surface area contributed by atoms with Gasteiger partial charge in [0.2, 0.25) is 0 Å². The lowest BCUT2D eigenvalue weighted by Crippen LogP contribution is -1.96. The zero-order chi connectivity index (χ0) is 13.0. The fraction of sp³-hybridized carbons (Fsp3) is 0.357. The third-order valence-electron chi connectivity index (χ3n) is 2.49. The Kier molecular flexibility index (Phi) is 4.20. The molecule has 1 N–H and O–H groups in total. The first-order valence-corrected chi connectivity index (χ1v) is 6.92. The lowest BCUT2D eigenvalue weighted by atomic mass is 10.2. The molecule has 0 fully saturated rings. The van der Waals surface area contributed by atoms with Crippen molar-refractivity contribution in [3.05, 3.63) is 39.8 Å². The quantitative estimate of drug-likeness (QED) is 0.894. The minimum Gasteiger partial charge on any atom is -0.508 e. The van der Waals surface area contributed by atoms with Gasteiger partial charge in [-0.25, -0.2) is 4.98 Å². The third-order valence-corrected chi connectivity index (χ3v) is 3.44. The number of hydrogen-bond acceptors (Lipinski definition) is 4. The van der Waals surface area contributed by atoms with Gasteiger partial charge in [-0.15, -0.1) is 11.3 Å². The smallest absolute Gasteiger partial charge is 0.131 e. The molecule has 1 aromatic carbocycles. The number of phenolic OH excluding ortho intramolecular Hbond substituents is 1. The molecule has 96 valence electrons. The van der Waals surface area contributed by atoms with Gasteiger partial charge in [-0.3, -0.25) is 0 Å². The van der Waals surface area contributed by atoms with E-state index >= 15 is 0 Å². The van der Waals surface area contributed by atoms with Crippen LogP contribution in [0.1, 0.15) is 29.6 Å². The van der Waals surface area contributed by atoms with Crippen LogP contribution in [0.3, 0.4) is 0 Å². The Morgan fingerprint density at radius 1 is 1.33 bits per heavy atom. The number of thiazole rings is 1. The topological polar surface area (TPSA) is 42.4 Å². The number of ether oxygens (including phenoxy) is 1. The van der Waals surface area contributed by atoms with Crippen LogP contribution < -0.4 is 4.74 Å². The highest BCUT2D eigenvalue weighted by molar-refractivity contribution is 7.09. The van der Waals surface area contributed by atoms with Crippen molar-refractivity contribution in [2.45, 2.75) is 33.3 Å². The lowest BCUT2D eigenvalue weighted by molar-refractivity contribution is 0.300. The van der Waals surface area contributed by atoms with Crippen molar-refractivity contribution in [2.75, 3.05) is 0 Å². The van der Waals surface area contributed by atoms with Crippen molar-refractivity contribution in [3.63, 3.8) is 0 Å². The highest BCUT2D eigenvalue weighted by Gasteiger charge is 2.03. The van der Waals surface area contributed by atoms with Crippen molar-refractivity contribution in [2.24, 2.45) is 0 Å². The normalized spacial score (nSPS) is 10.6. The second-order valence-corrected chi connectivity index (χ2v) is 5.22. The Morgan fingerprint density at radius 3 is 2.89 bits per heavy atom. The van der Waals surface area contributed by atoms with Crippen molar-refractivity contribution < 1.29 is 9.84 Å². The number of phenols is 1. The number of nitrogens with zero attached hydrogens (tertiary/aromatic N) is 1. The van der Waals surface area contributed by atoms with Crippen molar-refractivity contribution in [1.29, 1.82) is 0 Å². The van der Waals surface area contributed by atoms with E-state index in [0.29, 0.717) is 12.4 Å². The molecular weight excluding hydrogens is 246 g/mol. The van der Waals surface area contributed by atoms with Crippen LogP contribution in [0.5, 0.6) is 11.5 Å². The summed E-state index contributed by atoms with van der Waals surface area (Å²) in [6.07, 6.45) is 2.13. The fourth-order valence-electron chi connectivity index (χ4n) is 1.71. The van der Waals surface area contributed by atoms with E-state index in [2.05, 4.69) is 11.9 Å². The molecule has 0 saturated heterocycles. The minimum atomic E-state index is 0.231. The third kappa shape index (κ3) is 3.47. The molecule has 4 heteroatoms. The average molecular weight is 263 g/mol. The van der Waals surface area contributed by atoms with Gasteiger partial charge in [0, 0.05) is 11.4 Å². The maximum Gasteiger partial charge on any atom is 0.131 e. The monoisotopic (exact) mass is 263 g/mol. The van der Waals surface area contributed by atoms with Crippen LogP contribution in [0, 0.1) is 6.92 Å². The summed E-state index contributed by atoms with van der Waals surface area (Å²) < 4.78 is 5.63. The summed E-state index contributed by atoms with van der Waals surface area (Å²) in [7, 11) is 0. The van der Waals surface area contributed by atoms with Crippen LogP contribution in [-0.2, 0) is 13.0 Å². The average Bonchev–Trinajstić information content (AvgIpc) is 2.74. The molecule has 1 aromatic heterocycles. The standard InChI is InChI=1S/C14H17NO2S/c1-3-4-14-15-11(9-18-14)8-17-13-6-10(2)5-12(16)7-13/h5-7,9,16H,3-4,8H2,1-2H3. The maximum absolute atomic E-state index is 9.47. The summed E-state index contributed by atoms with van der Waals surface area (Å²) in [5, 5.41) is 12.7. The van der Waals surface area contributed by atoms with E-state index in [9.17, 15) is 5.11 Å². The SMILES string of the molecule is CCCc1nc(COc2cc(C)cc(O)c2)cs1. The molecule has 18 heavy (non-hydrogen) atoms. The van der Waals surface area contributed by atoms with E-state index in [0.717, 1.165) is 29.1 Å². The highest BCUT2D eigenvalue weighted by Crippen LogP contribution is 2.22. The van der Waals surface area contributed by atoms with Gasteiger partial charge in [0.1, 0.15) is 18.1 Å². The lowest BCUT2D eigenvalue weighted by Gasteiger charge is -2.05. The number of rotatable bonds is 5. The molecule has 0 bridgehead atoms. The van der Waals surface area contributed by atoms with Crippen LogP contribution in [-0.4, -0.2) is 10.1 Å². The maximum atomic E-state index is 9.47. The summed E-state index contributed by atoms with van der Waals surface area (Å²) >= 11 is 1.68. The number of aromatic hydroxyl groups is 1. The predicted molar refractivity (Wildman–Crippen MR) is 73.3 cm³/mol. The zero-order valence-electron chi connectivity index (χ0n) is 10.6. The molecule has 3 nitrogen and oxygen atoms in total. The van der Waals surface area contributed by atoms with Gasteiger partial charge >= 0.3 is 0 Å². The number of hydrogen-bond donors (Lipinski definition) is 1. The predicted octanol–water partition coefficient (Wildman–Crippen LogP) is 3.69. The highest BCUT2D eigenvalue weighted by atomic mass is 32.1. The Labute approximate surface area is 111 Å². The van der Waals surface area contributed by atoms with Crippen molar-refractivity contribution >= 4 is 11.3 Å². The Morgan fingerprint density at radius 2 is 2.17 bits per heavy atom. The van der Waals surface area contributed by atoms with Gasteiger partial charge in [0.15, 0.2) is 0 Å². The molecule has 0 atom stereocenters. The van der Waals surface area contributed by atoms with Crippen LogP contribution in [0.15, 0.2) is 23.6 Å². The Balaban J connectivity index is 1.97. The van der Waals surface area contributed by atoms with Gasteiger partial charge in [-0.2, -0.15) is 0 Å². The van der Waals surface area contributed by atoms with Gasteiger partial charge < -0.3 is 9.84 Å². The molecule has 2 aromatic rings. The van der Waals surface area contributed by atoms with E-state index in [-0.39, 0.29) is 5.75 Å². The van der Waals surface area contributed by atoms with Gasteiger partial charge in [0.25, 0.3) is 0 Å². The van der Waals surface area contributed by atoms with Gasteiger partial charge in [-0.1, -0.05) is 6.92 Å². The molecule has 0 unspecified atom stereocenters. The first kappa shape index (κ1) is 12.9. The van der Waals surface area contributed by atoms with Crippen LogP contribution in [0.25, 0.3) is 0 Å². The Hall–Kier alpha value is -1.55. The number of aromatic nitrogens is 1. The van der Waals surface area contributed by atoms with E-state index in [4.69, 9.17) is 4.74 Å². The second-order valence-electron chi connectivity index (χ2n) is 4.28. The van der Waals surface area contributed by atoms with E-state index in [1.807, 2.05) is 18.4 Å². The molecule has 0 aliphatic carbocycles. The molecule has 0 saturated carbocycles. The zero-order valence-corrected chi connectivity index (χ0v) is 11.5.